The zero-order valence-electron chi connectivity index (χ0n) is 15.0. The van der Waals surface area contributed by atoms with E-state index in [0.29, 0.717) is 6.54 Å². The number of nitrogens with one attached hydrogen (secondary N) is 1. The molecule has 1 atom stereocenters. The van der Waals surface area contributed by atoms with Crippen LogP contribution in [0.1, 0.15) is 42.9 Å². The molecule has 26 heavy (non-hydrogen) atoms. The molecular weight excluding hydrogens is 327 g/mol. The van der Waals surface area contributed by atoms with Crippen LogP contribution >= 0.6 is 0 Å². The van der Waals surface area contributed by atoms with Gasteiger partial charge in [0.05, 0.1) is 0 Å². The Balaban J connectivity index is 1.47. The largest absolute Gasteiger partial charge is 0.354 e. The van der Waals surface area contributed by atoms with Gasteiger partial charge in [-0.25, -0.2) is 4.39 Å². The first kappa shape index (κ1) is 17.2. The Hall–Kier alpha value is -2.20. The van der Waals surface area contributed by atoms with E-state index >= 15 is 0 Å². The lowest BCUT2D eigenvalue weighted by molar-refractivity contribution is -0.126. The van der Waals surface area contributed by atoms with Crippen LogP contribution in [-0.2, 0) is 10.2 Å². The molecule has 3 nitrogen and oxygen atoms in total. The van der Waals surface area contributed by atoms with Crippen LogP contribution < -0.4 is 5.32 Å². The van der Waals surface area contributed by atoms with Gasteiger partial charge in [-0.15, -0.1) is 0 Å². The maximum absolute atomic E-state index is 13.2. The van der Waals surface area contributed by atoms with Crippen molar-refractivity contribution >= 4 is 5.91 Å². The van der Waals surface area contributed by atoms with Crippen LogP contribution in [0.4, 0.5) is 4.39 Å². The van der Waals surface area contributed by atoms with Crippen molar-refractivity contribution < 1.29 is 9.18 Å². The van der Waals surface area contributed by atoms with E-state index in [1.54, 1.807) is 0 Å². The average Bonchev–Trinajstić information content (AvgIpc) is 3.28. The van der Waals surface area contributed by atoms with Gasteiger partial charge < -0.3 is 5.32 Å². The second-order valence-electron chi connectivity index (χ2n) is 7.56. The molecule has 1 aliphatic heterocycles. The van der Waals surface area contributed by atoms with Crippen molar-refractivity contribution in [2.45, 2.75) is 37.1 Å². The first-order valence-electron chi connectivity index (χ1n) is 9.51. The molecular formula is C22H25FN2O. The third kappa shape index (κ3) is 3.51. The lowest BCUT2D eigenvalue weighted by Gasteiger charge is -2.28. The summed E-state index contributed by atoms with van der Waals surface area (Å²) in [7, 11) is 0. The van der Waals surface area contributed by atoms with Gasteiger partial charge in [-0.05, 0) is 62.0 Å². The van der Waals surface area contributed by atoms with Crippen LogP contribution in [0.15, 0.2) is 54.6 Å². The van der Waals surface area contributed by atoms with E-state index < -0.39 is 0 Å². The lowest BCUT2D eigenvalue weighted by Crippen LogP contribution is -2.42. The number of hydrogen-bond donors (Lipinski definition) is 1. The molecule has 1 heterocycles. The maximum atomic E-state index is 13.2. The van der Waals surface area contributed by atoms with Gasteiger partial charge in [0.25, 0.3) is 0 Å². The summed E-state index contributed by atoms with van der Waals surface area (Å²) in [5.74, 6) is -0.141. The predicted molar refractivity (Wildman–Crippen MR) is 100 cm³/mol. The van der Waals surface area contributed by atoms with Gasteiger partial charge in [0.1, 0.15) is 11.9 Å². The zero-order chi connectivity index (χ0) is 18.0. The number of hydrogen-bond acceptors (Lipinski definition) is 2. The van der Waals surface area contributed by atoms with E-state index in [2.05, 4.69) is 10.2 Å². The fraction of sp³-hybridized carbons (Fsp3) is 0.409. The normalized spacial score (nSPS) is 19.9. The van der Waals surface area contributed by atoms with Gasteiger partial charge in [0.2, 0.25) is 5.91 Å². The maximum Gasteiger partial charge on any atom is 0.241 e. The minimum Gasteiger partial charge on any atom is -0.354 e. The molecule has 2 aliphatic rings. The van der Waals surface area contributed by atoms with Crippen LogP contribution in [-0.4, -0.2) is 30.4 Å². The summed E-state index contributed by atoms with van der Waals surface area (Å²) in [5.41, 5.74) is 2.16. The Labute approximate surface area is 154 Å². The lowest BCUT2D eigenvalue weighted by atomic mass is 9.95. The molecule has 2 aromatic carbocycles. The fourth-order valence-corrected chi connectivity index (χ4v) is 4.04. The predicted octanol–water partition coefficient (Wildman–Crippen LogP) is 3.81. The number of halogens is 1. The minimum atomic E-state index is -0.220. The van der Waals surface area contributed by atoms with E-state index in [0.717, 1.165) is 49.9 Å². The van der Waals surface area contributed by atoms with Crippen LogP contribution in [0.5, 0.6) is 0 Å². The molecule has 2 fully saturated rings. The fourth-order valence-electron chi connectivity index (χ4n) is 4.04. The van der Waals surface area contributed by atoms with Crippen molar-refractivity contribution in [3.8, 4) is 0 Å². The number of carbonyl (C=O) groups is 1. The number of amides is 1. The molecule has 4 heteroatoms. The molecule has 1 saturated carbocycles. The number of rotatable bonds is 6. The van der Waals surface area contributed by atoms with Crippen LogP contribution in [0.25, 0.3) is 0 Å². The molecule has 1 amide bonds. The second kappa shape index (κ2) is 7.20. The minimum absolute atomic E-state index is 0.0182. The van der Waals surface area contributed by atoms with Crippen molar-refractivity contribution in [1.82, 2.24) is 10.2 Å². The summed E-state index contributed by atoms with van der Waals surface area (Å²) in [6.07, 6.45) is 4.38. The quantitative estimate of drug-likeness (QED) is 0.857. The summed E-state index contributed by atoms with van der Waals surface area (Å²) in [6, 6.07) is 16.5. The monoisotopic (exact) mass is 352 g/mol. The first-order valence-corrected chi connectivity index (χ1v) is 9.51. The van der Waals surface area contributed by atoms with E-state index in [1.807, 2.05) is 42.5 Å². The molecule has 0 radical (unpaired) electrons. The van der Waals surface area contributed by atoms with E-state index in [-0.39, 0.29) is 23.2 Å². The van der Waals surface area contributed by atoms with Crippen molar-refractivity contribution in [1.29, 1.82) is 0 Å². The van der Waals surface area contributed by atoms with Crippen LogP contribution in [0.2, 0.25) is 0 Å². The molecule has 136 valence electrons. The molecule has 1 saturated heterocycles. The van der Waals surface area contributed by atoms with E-state index in [9.17, 15) is 9.18 Å². The highest BCUT2D eigenvalue weighted by Gasteiger charge is 2.45. The highest BCUT2D eigenvalue weighted by atomic mass is 19.1. The summed E-state index contributed by atoms with van der Waals surface area (Å²) in [5, 5.41) is 3.20. The van der Waals surface area contributed by atoms with Gasteiger partial charge >= 0.3 is 0 Å². The van der Waals surface area contributed by atoms with Crippen molar-refractivity contribution in [2.75, 3.05) is 19.6 Å². The number of nitrogens with zero attached hydrogens (tertiary/aromatic N) is 1. The molecule has 2 aromatic rings. The molecule has 0 spiro atoms. The summed E-state index contributed by atoms with van der Waals surface area (Å²) < 4.78 is 13.2. The number of carbonyl (C=O) groups excluding carboxylic acids is 1. The highest BCUT2D eigenvalue weighted by molar-refractivity contribution is 5.83. The molecule has 1 N–H and O–H groups in total. The SMILES string of the molecule is O=C(NCC1(c2ccc(F)cc2)CC1)C(c1ccccc1)N1CCCC1. The standard InChI is InChI=1S/C22H25FN2O/c23-19-10-8-18(9-11-19)22(12-13-22)16-24-21(26)20(25-14-4-5-15-25)17-6-2-1-3-7-17/h1-3,6-11,20H,4-5,12-16H2,(H,24,26). The Morgan fingerprint density at radius 1 is 1.04 bits per heavy atom. The van der Waals surface area contributed by atoms with Crippen molar-refractivity contribution in [3.63, 3.8) is 0 Å². The van der Waals surface area contributed by atoms with Crippen molar-refractivity contribution in [2.24, 2.45) is 0 Å². The van der Waals surface area contributed by atoms with Crippen molar-refractivity contribution in [3.05, 3.63) is 71.5 Å². The van der Waals surface area contributed by atoms with Gasteiger partial charge in [0.15, 0.2) is 0 Å². The van der Waals surface area contributed by atoms with Gasteiger partial charge in [-0.3, -0.25) is 9.69 Å². The van der Waals surface area contributed by atoms with Gasteiger partial charge in [-0.2, -0.15) is 0 Å². The highest BCUT2D eigenvalue weighted by Crippen LogP contribution is 2.47. The summed E-state index contributed by atoms with van der Waals surface area (Å²) >= 11 is 0. The number of benzene rings is 2. The average molecular weight is 352 g/mol. The topological polar surface area (TPSA) is 32.3 Å². The molecule has 4 rings (SSSR count). The Morgan fingerprint density at radius 2 is 1.69 bits per heavy atom. The van der Waals surface area contributed by atoms with Crippen LogP contribution in [0.3, 0.4) is 0 Å². The van der Waals surface area contributed by atoms with E-state index in [4.69, 9.17) is 0 Å². The Morgan fingerprint density at radius 3 is 2.31 bits per heavy atom. The Bertz CT molecular complexity index is 749. The summed E-state index contributed by atoms with van der Waals surface area (Å²) in [6.45, 7) is 2.56. The third-order valence-corrected chi connectivity index (χ3v) is 5.78. The first-order chi connectivity index (χ1) is 12.7. The van der Waals surface area contributed by atoms with E-state index in [1.165, 1.54) is 12.1 Å². The zero-order valence-corrected chi connectivity index (χ0v) is 15.0. The smallest absolute Gasteiger partial charge is 0.241 e. The van der Waals surface area contributed by atoms with Gasteiger partial charge in [-0.1, -0.05) is 42.5 Å². The second-order valence-corrected chi connectivity index (χ2v) is 7.56. The summed E-state index contributed by atoms with van der Waals surface area (Å²) in [4.78, 5) is 15.4. The molecule has 0 aromatic heterocycles. The van der Waals surface area contributed by atoms with Crippen LogP contribution in [0, 0.1) is 5.82 Å². The molecule has 1 aliphatic carbocycles. The molecule has 0 bridgehead atoms. The number of likely N-dealkylation sites (tertiary alicyclic amines) is 1. The molecule has 1 unspecified atom stereocenters. The van der Waals surface area contributed by atoms with Gasteiger partial charge in [0, 0.05) is 12.0 Å². The Kier molecular flexibility index (Phi) is 4.77. The third-order valence-electron chi connectivity index (χ3n) is 5.78.